The first-order chi connectivity index (χ1) is 26.4. The van der Waals surface area contributed by atoms with Crippen molar-refractivity contribution in [2.24, 2.45) is 0 Å². The van der Waals surface area contributed by atoms with Crippen LogP contribution in [0.1, 0.15) is 80.1 Å². The van der Waals surface area contributed by atoms with Gasteiger partial charge in [0.2, 0.25) is 0 Å². The molecule has 0 aliphatic carbocycles. The number of benzene rings is 3. The van der Waals surface area contributed by atoms with Gasteiger partial charge in [0.25, 0.3) is 0 Å². The number of fused-ring (bicyclic) bond motifs is 1. The third-order valence-electron chi connectivity index (χ3n) is 10.2. The lowest BCUT2D eigenvalue weighted by atomic mass is 9.87. The van der Waals surface area contributed by atoms with Gasteiger partial charge in [-0.1, -0.05) is 41.6 Å². The molecule has 3 heterocycles. The molecule has 1 N–H and O–H groups in total. The molecule has 0 atom stereocenters. The van der Waals surface area contributed by atoms with Crippen molar-refractivity contribution >= 4 is 17.0 Å². The molecule has 0 saturated carbocycles. The van der Waals surface area contributed by atoms with Crippen molar-refractivity contribution in [3.05, 3.63) is 118 Å². The number of piperidine rings is 1. The number of nitrogens with zero attached hydrogens (tertiary/aromatic N) is 6. The summed E-state index contributed by atoms with van der Waals surface area (Å²) in [7, 11) is 0. The lowest BCUT2D eigenvalue weighted by molar-refractivity contribution is -0.138. The number of halogens is 2. The van der Waals surface area contributed by atoms with Crippen molar-refractivity contribution in [2.45, 2.75) is 83.0 Å². The lowest BCUT2D eigenvalue weighted by Gasteiger charge is -2.33. The second-order valence-electron chi connectivity index (χ2n) is 14.0. The number of imidazole rings is 1. The Bertz CT molecular complexity index is 1920. The van der Waals surface area contributed by atoms with Crippen molar-refractivity contribution in [2.75, 3.05) is 39.5 Å². The van der Waals surface area contributed by atoms with Crippen LogP contribution in [0.4, 0.5) is 8.78 Å². The molecule has 2 aromatic heterocycles. The van der Waals surface area contributed by atoms with E-state index in [0.717, 1.165) is 99.0 Å². The van der Waals surface area contributed by atoms with Gasteiger partial charge in [0.1, 0.15) is 17.3 Å². The van der Waals surface area contributed by atoms with Crippen LogP contribution in [-0.4, -0.2) is 79.6 Å². The van der Waals surface area contributed by atoms with Crippen LogP contribution in [0.2, 0.25) is 0 Å². The van der Waals surface area contributed by atoms with E-state index in [0.29, 0.717) is 26.4 Å². The van der Waals surface area contributed by atoms with E-state index in [2.05, 4.69) is 21.3 Å². The number of carbonyl (C=O) groups is 1. The molecule has 1 aliphatic rings. The van der Waals surface area contributed by atoms with Crippen LogP contribution in [0.3, 0.4) is 0 Å². The summed E-state index contributed by atoms with van der Waals surface area (Å²) < 4.78 is 43.9. The first kappa shape index (κ1) is 39.0. The molecule has 0 bridgehead atoms. The predicted molar refractivity (Wildman–Crippen MR) is 201 cm³/mol. The van der Waals surface area contributed by atoms with E-state index in [1.807, 2.05) is 62.5 Å². The molecule has 6 rings (SSSR count). The zero-order valence-corrected chi connectivity index (χ0v) is 30.7. The highest BCUT2D eigenvalue weighted by Gasteiger charge is 2.25. The number of hydrogen-bond acceptors (Lipinski definition) is 7. The fourth-order valence-electron chi connectivity index (χ4n) is 7.43. The molecule has 11 nitrogen and oxygen atoms in total. The maximum absolute atomic E-state index is 13.9. The molecule has 3 aromatic carbocycles. The van der Waals surface area contributed by atoms with Crippen LogP contribution >= 0.6 is 0 Å². The maximum Gasteiger partial charge on any atom is 0.329 e. The first-order valence-electron chi connectivity index (χ1n) is 19.0. The Kier molecular flexibility index (Phi) is 14.1. The van der Waals surface area contributed by atoms with Gasteiger partial charge in [0.15, 0.2) is 0 Å². The predicted octanol–water partition coefficient (Wildman–Crippen LogP) is 6.80. The molecular formula is C41H50F2N6O5. The van der Waals surface area contributed by atoms with Crippen molar-refractivity contribution in [1.29, 1.82) is 0 Å². The van der Waals surface area contributed by atoms with Crippen LogP contribution < -0.4 is 5.69 Å². The number of para-hydroxylation sites is 2. The quantitative estimate of drug-likeness (QED) is 0.0817. The SMILES string of the molecule is O=C(O)CCOCCOCc1cn(CCCCCn2c(=O)n(C3CCN(CCCC(c4ccc(F)cc4)c4ccc(F)cc4)CC3)c3ccccc32)nn1. The molecular weight excluding hydrogens is 694 g/mol. The summed E-state index contributed by atoms with van der Waals surface area (Å²) >= 11 is 0. The number of ether oxygens (including phenoxy) is 2. The van der Waals surface area contributed by atoms with Gasteiger partial charge in [-0.05, 0) is 99.0 Å². The average molecular weight is 745 g/mol. The van der Waals surface area contributed by atoms with Crippen molar-refractivity contribution in [1.82, 2.24) is 29.0 Å². The normalized spacial score (nSPS) is 14.1. The van der Waals surface area contributed by atoms with E-state index >= 15 is 0 Å². The Hall–Kier alpha value is -4.72. The minimum Gasteiger partial charge on any atom is -0.481 e. The van der Waals surface area contributed by atoms with Crippen molar-refractivity contribution in [3.63, 3.8) is 0 Å². The number of rotatable bonds is 21. The number of aromatic nitrogens is 5. The summed E-state index contributed by atoms with van der Waals surface area (Å²) in [6.45, 7) is 5.28. The summed E-state index contributed by atoms with van der Waals surface area (Å²) in [6, 6.07) is 21.5. The van der Waals surface area contributed by atoms with Gasteiger partial charge < -0.3 is 19.5 Å². The molecule has 54 heavy (non-hydrogen) atoms. The molecule has 0 radical (unpaired) electrons. The Balaban J connectivity index is 0.951. The standard InChI is InChI=1S/C41H50F2N6O5/c42-33-14-10-31(11-15-33)37(32-12-16-34(43)17-13-32)7-6-21-46-24-18-36(19-25-46)49-39-9-3-2-8-38(39)48(41(49)52)23-5-1-4-22-47-29-35(44-45-47)30-54-28-27-53-26-20-40(50)51/h2-3,8-17,29,36-37H,1,4-7,18-28,30H2,(H,50,51). The number of hydrogen-bond donors (Lipinski definition) is 1. The molecule has 1 saturated heterocycles. The summed E-state index contributed by atoms with van der Waals surface area (Å²) in [5.74, 6) is -1.36. The van der Waals surface area contributed by atoms with Crippen LogP contribution in [0.5, 0.6) is 0 Å². The van der Waals surface area contributed by atoms with Crippen LogP contribution in [0.25, 0.3) is 11.0 Å². The van der Waals surface area contributed by atoms with Crippen LogP contribution in [0, 0.1) is 11.6 Å². The average Bonchev–Trinajstić information content (AvgIpc) is 3.75. The van der Waals surface area contributed by atoms with Crippen LogP contribution in [-0.2, 0) is 34.0 Å². The van der Waals surface area contributed by atoms with E-state index in [9.17, 15) is 18.4 Å². The van der Waals surface area contributed by atoms with E-state index < -0.39 is 5.97 Å². The van der Waals surface area contributed by atoms with E-state index in [4.69, 9.17) is 14.6 Å². The fourth-order valence-corrected chi connectivity index (χ4v) is 7.43. The van der Waals surface area contributed by atoms with E-state index in [-0.39, 0.29) is 42.3 Å². The van der Waals surface area contributed by atoms with Gasteiger partial charge in [-0.25, -0.2) is 13.6 Å². The number of carboxylic acid groups (broad SMARTS) is 1. The largest absolute Gasteiger partial charge is 0.481 e. The molecule has 5 aromatic rings. The number of aryl methyl sites for hydroxylation is 2. The molecule has 1 fully saturated rings. The van der Waals surface area contributed by atoms with Gasteiger partial charge in [-0.15, -0.1) is 5.10 Å². The Morgan fingerprint density at radius 3 is 2.13 bits per heavy atom. The number of carboxylic acids is 1. The summed E-state index contributed by atoms with van der Waals surface area (Å²) in [5.41, 5.74) is 4.81. The monoisotopic (exact) mass is 744 g/mol. The second-order valence-corrected chi connectivity index (χ2v) is 14.0. The Morgan fingerprint density at radius 2 is 1.44 bits per heavy atom. The zero-order valence-electron chi connectivity index (χ0n) is 30.7. The van der Waals surface area contributed by atoms with E-state index in [1.165, 1.54) is 24.3 Å². The van der Waals surface area contributed by atoms with Gasteiger partial charge in [-0.2, -0.15) is 0 Å². The molecule has 1 aliphatic heterocycles. The summed E-state index contributed by atoms with van der Waals surface area (Å²) in [6.07, 6.45) is 8.18. The third-order valence-corrected chi connectivity index (χ3v) is 10.2. The summed E-state index contributed by atoms with van der Waals surface area (Å²) in [4.78, 5) is 26.9. The minimum atomic E-state index is -0.887. The Labute approximate surface area is 314 Å². The topological polar surface area (TPSA) is 117 Å². The van der Waals surface area contributed by atoms with Gasteiger partial charge in [0.05, 0.1) is 50.1 Å². The minimum absolute atomic E-state index is 0.0252. The maximum atomic E-state index is 13.9. The zero-order chi connectivity index (χ0) is 37.7. The van der Waals surface area contributed by atoms with Gasteiger partial charge in [0, 0.05) is 38.1 Å². The number of unbranched alkanes of at least 4 members (excludes halogenated alkanes) is 2. The number of aliphatic carboxylic acids is 1. The smallest absolute Gasteiger partial charge is 0.329 e. The highest BCUT2D eigenvalue weighted by atomic mass is 19.1. The molecule has 288 valence electrons. The summed E-state index contributed by atoms with van der Waals surface area (Å²) in [5, 5.41) is 17.0. The fraction of sp³-hybridized carbons (Fsp3) is 0.463. The Morgan fingerprint density at radius 1 is 0.796 bits per heavy atom. The van der Waals surface area contributed by atoms with Gasteiger partial charge >= 0.3 is 11.7 Å². The highest BCUT2D eigenvalue weighted by molar-refractivity contribution is 5.76. The molecule has 13 heteroatoms. The highest BCUT2D eigenvalue weighted by Crippen LogP contribution is 2.31. The second kappa shape index (κ2) is 19.6. The lowest BCUT2D eigenvalue weighted by Crippen LogP contribution is -2.38. The molecule has 0 unspecified atom stereocenters. The van der Waals surface area contributed by atoms with Crippen molar-refractivity contribution in [3.8, 4) is 0 Å². The number of likely N-dealkylation sites (tertiary alicyclic amines) is 1. The van der Waals surface area contributed by atoms with E-state index in [1.54, 1.807) is 0 Å². The first-order valence-corrected chi connectivity index (χ1v) is 19.0. The van der Waals surface area contributed by atoms with Gasteiger partial charge in [-0.3, -0.25) is 18.6 Å². The molecule has 0 spiro atoms. The van der Waals surface area contributed by atoms with Crippen molar-refractivity contribution < 1.29 is 28.2 Å². The molecule has 0 amide bonds. The third kappa shape index (κ3) is 10.7. The van der Waals surface area contributed by atoms with Crippen LogP contribution in [0.15, 0.2) is 83.8 Å².